The van der Waals surface area contributed by atoms with Crippen LogP contribution in [0.25, 0.3) is 0 Å². The quantitative estimate of drug-likeness (QED) is 0.495. The molecule has 0 unspecified atom stereocenters. The molecular formula is C23H24N2O2S2. The van der Waals surface area contributed by atoms with Crippen LogP contribution >= 0.6 is 23.1 Å². The molecular weight excluding hydrogens is 400 g/mol. The average molecular weight is 425 g/mol. The van der Waals surface area contributed by atoms with E-state index in [-0.39, 0.29) is 11.8 Å². The van der Waals surface area contributed by atoms with E-state index in [1.807, 2.05) is 41.8 Å². The Morgan fingerprint density at radius 2 is 1.76 bits per heavy atom. The van der Waals surface area contributed by atoms with E-state index in [0.29, 0.717) is 11.4 Å². The molecule has 2 aromatic carbocycles. The number of carbonyl (C=O) groups is 2. The van der Waals surface area contributed by atoms with E-state index in [4.69, 9.17) is 0 Å². The smallest absolute Gasteiger partial charge is 0.262 e. The maximum absolute atomic E-state index is 12.8. The van der Waals surface area contributed by atoms with Crippen molar-refractivity contribution in [3.8, 4) is 0 Å². The lowest BCUT2D eigenvalue weighted by atomic mass is 10.1. The predicted octanol–water partition coefficient (Wildman–Crippen LogP) is 4.58. The molecule has 150 valence electrons. The summed E-state index contributed by atoms with van der Waals surface area (Å²) in [6, 6.07) is 20.7. The molecule has 0 radical (unpaired) electrons. The monoisotopic (exact) mass is 424 g/mol. The first-order valence-electron chi connectivity index (χ1n) is 9.44. The molecule has 4 nitrogen and oxygen atoms in total. The van der Waals surface area contributed by atoms with Crippen LogP contribution in [0.2, 0.25) is 0 Å². The Bertz CT molecular complexity index is 910. The average Bonchev–Trinajstić information content (AvgIpc) is 3.28. The highest BCUT2D eigenvalue weighted by Gasteiger charge is 2.23. The highest BCUT2D eigenvalue weighted by atomic mass is 32.2. The van der Waals surface area contributed by atoms with Gasteiger partial charge in [-0.15, -0.1) is 11.3 Å². The molecule has 1 aromatic heterocycles. The van der Waals surface area contributed by atoms with Gasteiger partial charge in [0.1, 0.15) is 6.04 Å². The van der Waals surface area contributed by atoms with Crippen LogP contribution in [0.5, 0.6) is 0 Å². The summed E-state index contributed by atoms with van der Waals surface area (Å²) in [6.07, 6.45) is 0. The van der Waals surface area contributed by atoms with Crippen molar-refractivity contribution in [3.05, 3.63) is 93.7 Å². The second kappa shape index (κ2) is 10.8. The van der Waals surface area contributed by atoms with Gasteiger partial charge < -0.3 is 10.6 Å². The van der Waals surface area contributed by atoms with E-state index in [2.05, 4.69) is 41.8 Å². The second-order valence-electron chi connectivity index (χ2n) is 6.62. The van der Waals surface area contributed by atoms with E-state index in [1.165, 1.54) is 22.5 Å². The van der Waals surface area contributed by atoms with Crippen LogP contribution in [0.3, 0.4) is 0 Å². The third-order valence-electron chi connectivity index (χ3n) is 4.35. The molecule has 2 amide bonds. The molecule has 0 aliphatic carbocycles. The zero-order chi connectivity index (χ0) is 20.5. The summed E-state index contributed by atoms with van der Waals surface area (Å²) in [7, 11) is 0. The Balaban J connectivity index is 1.52. The van der Waals surface area contributed by atoms with Crippen molar-refractivity contribution in [3.63, 3.8) is 0 Å². The standard InChI is InChI=1S/C23H24N2O2S2/c1-17-9-11-18(12-10-17)16-28-15-13-24-23(27)21(19-6-3-2-4-7-19)25-22(26)20-8-5-14-29-20/h2-12,14,21H,13,15-16H2,1H3,(H,24,27)(H,25,26)/t21-/m0/s1. The van der Waals surface area contributed by atoms with Crippen LogP contribution in [0.1, 0.15) is 32.4 Å². The topological polar surface area (TPSA) is 58.2 Å². The molecule has 1 atom stereocenters. The number of carbonyl (C=O) groups excluding carboxylic acids is 2. The van der Waals surface area contributed by atoms with Crippen LogP contribution in [-0.2, 0) is 10.5 Å². The number of amides is 2. The van der Waals surface area contributed by atoms with E-state index in [9.17, 15) is 9.59 Å². The minimum atomic E-state index is -0.715. The summed E-state index contributed by atoms with van der Waals surface area (Å²) in [5.41, 5.74) is 3.29. The molecule has 2 N–H and O–H groups in total. The fraction of sp³-hybridized carbons (Fsp3) is 0.217. The molecule has 0 bridgehead atoms. The number of thioether (sulfide) groups is 1. The molecule has 0 saturated carbocycles. The van der Waals surface area contributed by atoms with Crippen LogP contribution < -0.4 is 10.6 Å². The van der Waals surface area contributed by atoms with Gasteiger partial charge in [0, 0.05) is 18.1 Å². The Hall–Kier alpha value is -2.57. The summed E-state index contributed by atoms with van der Waals surface area (Å²) >= 11 is 3.13. The lowest BCUT2D eigenvalue weighted by Gasteiger charge is -2.18. The molecule has 29 heavy (non-hydrogen) atoms. The van der Waals surface area contributed by atoms with Crippen LogP contribution in [-0.4, -0.2) is 24.1 Å². The van der Waals surface area contributed by atoms with Crippen molar-refractivity contribution in [1.29, 1.82) is 0 Å². The minimum absolute atomic E-state index is 0.197. The summed E-state index contributed by atoms with van der Waals surface area (Å²) < 4.78 is 0. The molecule has 0 spiro atoms. The van der Waals surface area contributed by atoms with Gasteiger partial charge in [-0.1, -0.05) is 66.2 Å². The second-order valence-corrected chi connectivity index (χ2v) is 8.68. The fourth-order valence-electron chi connectivity index (χ4n) is 2.78. The largest absolute Gasteiger partial charge is 0.353 e. The summed E-state index contributed by atoms with van der Waals surface area (Å²) in [5.74, 6) is 1.28. The Morgan fingerprint density at radius 3 is 2.45 bits per heavy atom. The number of hydrogen-bond acceptors (Lipinski definition) is 4. The number of thiophene rings is 1. The van der Waals surface area contributed by atoms with Gasteiger partial charge in [0.2, 0.25) is 5.91 Å². The van der Waals surface area contributed by atoms with Crippen molar-refractivity contribution in [1.82, 2.24) is 10.6 Å². The van der Waals surface area contributed by atoms with Crippen LogP contribution in [0.15, 0.2) is 72.1 Å². The first-order chi connectivity index (χ1) is 14.1. The van der Waals surface area contributed by atoms with Crippen molar-refractivity contribution in [2.45, 2.75) is 18.7 Å². The molecule has 3 rings (SSSR count). The van der Waals surface area contributed by atoms with Gasteiger partial charge in [-0.05, 0) is 29.5 Å². The summed E-state index contributed by atoms with van der Waals surface area (Å²) in [5, 5.41) is 7.66. The lowest BCUT2D eigenvalue weighted by Crippen LogP contribution is -2.40. The summed E-state index contributed by atoms with van der Waals surface area (Å²) in [6.45, 7) is 2.63. The summed E-state index contributed by atoms with van der Waals surface area (Å²) in [4.78, 5) is 25.8. The third-order valence-corrected chi connectivity index (χ3v) is 6.25. The van der Waals surface area contributed by atoms with Crippen molar-refractivity contribution in [2.24, 2.45) is 0 Å². The number of rotatable bonds is 9. The zero-order valence-electron chi connectivity index (χ0n) is 16.3. The number of nitrogens with one attached hydrogen (secondary N) is 2. The Kier molecular flexibility index (Phi) is 7.90. The maximum atomic E-state index is 12.8. The fourth-order valence-corrected chi connectivity index (χ4v) is 4.22. The van der Waals surface area contributed by atoms with E-state index < -0.39 is 6.04 Å². The molecule has 3 aromatic rings. The number of aryl methyl sites for hydroxylation is 1. The predicted molar refractivity (Wildman–Crippen MR) is 121 cm³/mol. The number of hydrogen-bond donors (Lipinski definition) is 2. The van der Waals surface area contributed by atoms with Crippen LogP contribution in [0.4, 0.5) is 0 Å². The van der Waals surface area contributed by atoms with Gasteiger partial charge in [-0.3, -0.25) is 9.59 Å². The highest BCUT2D eigenvalue weighted by Crippen LogP contribution is 2.16. The van der Waals surface area contributed by atoms with E-state index >= 15 is 0 Å². The van der Waals surface area contributed by atoms with E-state index in [1.54, 1.807) is 17.8 Å². The van der Waals surface area contributed by atoms with Gasteiger partial charge in [0.05, 0.1) is 4.88 Å². The van der Waals surface area contributed by atoms with E-state index in [0.717, 1.165) is 17.1 Å². The highest BCUT2D eigenvalue weighted by molar-refractivity contribution is 7.98. The van der Waals surface area contributed by atoms with Crippen molar-refractivity contribution < 1.29 is 9.59 Å². The minimum Gasteiger partial charge on any atom is -0.353 e. The third kappa shape index (κ3) is 6.48. The van der Waals surface area contributed by atoms with Crippen LogP contribution in [0, 0.1) is 6.92 Å². The van der Waals surface area contributed by atoms with Gasteiger partial charge in [0.15, 0.2) is 0 Å². The molecule has 6 heteroatoms. The zero-order valence-corrected chi connectivity index (χ0v) is 17.9. The van der Waals surface area contributed by atoms with Gasteiger partial charge in [-0.2, -0.15) is 11.8 Å². The molecule has 0 fully saturated rings. The molecule has 1 heterocycles. The first kappa shape index (κ1) is 21.1. The Morgan fingerprint density at radius 1 is 1.00 bits per heavy atom. The lowest BCUT2D eigenvalue weighted by molar-refractivity contribution is -0.123. The SMILES string of the molecule is Cc1ccc(CSCCNC(=O)[C@@H](NC(=O)c2cccs2)c2ccccc2)cc1. The molecule has 0 saturated heterocycles. The Labute approximate surface area is 179 Å². The normalized spacial score (nSPS) is 11.6. The van der Waals surface area contributed by atoms with Crippen molar-refractivity contribution >= 4 is 34.9 Å². The van der Waals surface area contributed by atoms with Gasteiger partial charge in [-0.25, -0.2) is 0 Å². The van der Waals surface area contributed by atoms with Crippen molar-refractivity contribution in [2.75, 3.05) is 12.3 Å². The number of benzene rings is 2. The molecule has 0 aliphatic rings. The first-order valence-corrected chi connectivity index (χ1v) is 11.5. The van der Waals surface area contributed by atoms with Gasteiger partial charge in [0.25, 0.3) is 5.91 Å². The maximum Gasteiger partial charge on any atom is 0.262 e. The van der Waals surface area contributed by atoms with Gasteiger partial charge >= 0.3 is 0 Å². The molecule has 0 aliphatic heterocycles.